The fourth-order valence-corrected chi connectivity index (χ4v) is 6.98. The van der Waals surface area contributed by atoms with Gasteiger partial charge in [-0.2, -0.15) is 0 Å². The molecule has 0 bridgehead atoms. The van der Waals surface area contributed by atoms with Crippen molar-refractivity contribution in [3.8, 4) is 0 Å². The fourth-order valence-electron chi connectivity index (χ4n) is 3.23. The predicted molar refractivity (Wildman–Crippen MR) is 109 cm³/mol. The summed E-state index contributed by atoms with van der Waals surface area (Å²) in [5, 5.41) is 1.96. The molecule has 1 aliphatic heterocycles. The van der Waals surface area contributed by atoms with E-state index in [-0.39, 0.29) is 10.6 Å². The van der Waals surface area contributed by atoms with Crippen molar-refractivity contribution in [2.75, 3.05) is 23.1 Å². The summed E-state index contributed by atoms with van der Waals surface area (Å²) >= 11 is 1.60. The van der Waals surface area contributed by atoms with Crippen LogP contribution in [0.2, 0.25) is 0 Å². The Morgan fingerprint density at radius 3 is 2.63 bits per heavy atom. The van der Waals surface area contributed by atoms with Gasteiger partial charge >= 0.3 is 0 Å². The van der Waals surface area contributed by atoms with Crippen LogP contribution >= 0.6 is 11.3 Å². The molecule has 2 heterocycles. The highest BCUT2D eigenvalue weighted by Crippen LogP contribution is 2.31. The quantitative estimate of drug-likeness (QED) is 0.767. The first-order chi connectivity index (χ1) is 12.7. The predicted octanol–water partition coefficient (Wildman–Crippen LogP) is 2.82. The SMILES string of the molecule is Cc1cc(S(=O)(=O)NCCc2cccs2)c(C)cc1N1CCCCS1(=O)=O. The van der Waals surface area contributed by atoms with Crippen molar-refractivity contribution in [3.05, 3.63) is 45.6 Å². The van der Waals surface area contributed by atoms with Crippen LogP contribution in [-0.2, 0) is 26.5 Å². The highest BCUT2D eigenvalue weighted by Gasteiger charge is 2.28. The van der Waals surface area contributed by atoms with Gasteiger partial charge in [-0.05, 0) is 67.8 Å². The summed E-state index contributed by atoms with van der Waals surface area (Å²) in [6, 6.07) is 7.16. The molecule has 0 aliphatic carbocycles. The Labute approximate surface area is 165 Å². The number of nitrogens with one attached hydrogen (secondary N) is 1. The van der Waals surface area contributed by atoms with E-state index < -0.39 is 20.0 Å². The van der Waals surface area contributed by atoms with E-state index in [9.17, 15) is 16.8 Å². The lowest BCUT2D eigenvalue weighted by Gasteiger charge is -2.30. The Kier molecular flexibility index (Phi) is 5.95. The minimum Gasteiger partial charge on any atom is -0.270 e. The second kappa shape index (κ2) is 7.90. The minimum absolute atomic E-state index is 0.135. The average Bonchev–Trinajstić information content (AvgIpc) is 3.09. The molecule has 1 N–H and O–H groups in total. The maximum atomic E-state index is 12.7. The monoisotopic (exact) mass is 428 g/mol. The third kappa shape index (κ3) is 4.53. The van der Waals surface area contributed by atoms with E-state index in [1.165, 1.54) is 4.31 Å². The third-order valence-electron chi connectivity index (χ3n) is 4.64. The normalized spacial score (nSPS) is 17.2. The summed E-state index contributed by atoms with van der Waals surface area (Å²) < 4.78 is 54.2. The number of hydrogen-bond donors (Lipinski definition) is 1. The van der Waals surface area contributed by atoms with E-state index in [1.54, 1.807) is 37.3 Å². The zero-order chi connectivity index (χ0) is 19.7. The highest BCUT2D eigenvalue weighted by molar-refractivity contribution is 7.92. The van der Waals surface area contributed by atoms with E-state index in [2.05, 4.69) is 4.72 Å². The van der Waals surface area contributed by atoms with Gasteiger partial charge < -0.3 is 0 Å². The van der Waals surface area contributed by atoms with E-state index in [4.69, 9.17) is 0 Å². The van der Waals surface area contributed by atoms with Gasteiger partial charge in [0.1, 0.15) is 0 Å². The Bertz CT molecular complexity index is 1010. The molecule has 0 saturated carbocycles. The van der Waals surface area contributed by atoms with Crippen molar-refractivity contribution in [1.29, 1.82) is 0 Å². The van der Waals surface area contributed by atoms with Crippen LogP contribution in [0.5, 0.6) is 0 Å². The molecule has 0 amide bonds. The van der Waals surface area contributed by atoms with Gasteiger partial charge in [0.2, 0.25) is 20.0 Å². The molecule has 0 unspecified atom stereocenters. The van der Waals surface area contributed by atoms with E-state index in [0.29, 0.717) is 42.7 Å². The molecule has 0 spiro atoms. The van der Waals surface area contributed by atoms with Crippen LogP contribution in [0.15, 0.2) is 34.5 Å². The number of thiophene rings is 1. The average molecular weight is 429 g/mol. The van der Waals surface area contributed by atoms with Crippen LogP contribution in [-0.4, -0.2) is 35.7 Å². The zero-order valence-electron chi connectivity index (χ0n) is 15.4. The second-order valence-corrected chi connectivity index (χ2v) is 11.5. The largest absolute Gasteiger partial charge is 0.270 e. The van der Waals surface area contributed by atoms with Crippen LogP contribution in [0.4, 0.5) is 5.69 Å². The number of hydrogen-bond acceptors (Lipinski definition) is 5. The lowest BCUT2D eigenvalue weighted by Crippen LogP contribution is -2.38. The van der Waals surface area contributed by atoms with E-state index >= 15 is 0 Å². The number of benzene rings is 1. The lowest BCUT2D eigenvalue weighted by atomic mass is 10.1. The van der Waals surface area contributed by atoms with Crippen molar-refractivity contribution in [2.24, 2.45) is 0 Å². The molecule has 3 rings (SSSR count). The first kappa shape index (κ1) is 20.3. The van der Waals surface area contributed by atoms with Gasteiger partial charge in [0.25, 0.3) is 0 Å². The fraction of sp³-hybridized carbons (Fsp3) is 0.444. The Hall–Kier alpha value is -1.42. The molecule has 2 aromatic rings. The summed E-state index contributed by atoms with van der Waals surface area (Å²) in [5.41, 5.74) is 1.76. The van der Waals surface area contributed by atoms with Crippen molar-refractivity contribution in [3.63, 3.8) is 0 Å². The van der Waals surface area contributed by atoms with Gasteiger partial charge in [0, 0.05) is 18.0 Å². The van der Waals surface area contributed by atoms with Crippen molar-refractivity contribution in [1.82, 2.24) is 4.72 Å². The van der Waals surface area contributed by atoms with Crippen molar-refractivity contribution >= 4 is 37.1 Å². The molecule has 1 aromatic heterocycles. The molecule has 0 atom stereocenters. The van der Waals surface area contributed by atoms with Gasteiger partial charge in [0.05, 0.1) is 16.3 Å². The number of nitrogens with zero attached hydrogens (tertiary/aromatic N) is 1. The molecule has 1 aromatic carbocycles. The summed E-state index contributed by atoms with van der Waals surface area (Å²) in [5.74, 6) is 0.135. The van der Waals surface area contributed by atoms with Crippen LogP contribution in [0.25, 0.3) is 0 Å². The smallest absolute Gasteiger partial charge is 0.240 e. The maximum absolute atomic E-state index is 12.7. The number of anilines is 1. The molecule has 1 aliphatic rings. The first-order valence-corrected chi connectivity index (χ1v) is 12.8. The van der Waals surface area contributed by atoms with Gasteiger partial charge in [-0.15, -0.1) is 11.3 Å². The Balaban J connectivity index is 1.83. The Morgan fingerprint density at radius 1 is 1.19 bits per heavy atom. The number of sulfonamides is 2. The summed E-state index contributed by atoms with van der Waals surface area (Å²) in [6.45, 7) is 4.22. The van der Waals surface area contributed by atoms with Crippen molar-refractivity contribution in [2.45, 2.75) is 38.0 Å². The molecule has 27 heavy (non-hydrogen) atoms. The molecule has 9 heteroatoms. The number of aryl methyl sites for hydroxylation is 2. The van der Waals surface area contributed by atoms with Crippen LogP contribution in [0.3, 0.4) is 0 Å². The third-order valence-corrected chi connectivity index (χ3v) is 9.04. The Morgan fingerprint density at radius 2 is 1.96 bits per heavy atom. The topological polar surface area (TPSA) is 83.6 Å². The first-order valence-electron chi connectivity index (χ1n) is 8.84. The molecular formula is C18H24N2O4S3. The molecule has 0 radical (unpaired) electrons. The summed E-state index contributed by atoms with van der Waals surface area (Å²) in [4.78, 5) is 1.32. The van der Waals surface area contributed by atoms with E-state index in [1.807, 2.05) is 17.5 Å². The van der Waals surface area contributed by atoms with Crippen LogP contribution < -0.4 is 9.03 Å². The van der Waals surface area contributed by atoms with Crippen LogP contribution in [0, 0.1) is 13.8 Å². The molecule has 148 valence electrons. The number of rotatable bonds is 6. The molecular weight excluding hydrogens is 404 g/mol. The summed E-state index contributed by atoms with van der Waals surface area (Å²) in [7, 11) is -6.99. The van der Waals surface area contributed by atoms with Gasteiger partial charge in [-0.25, -0.2) is 21.6 Å². The molecule has 1 saturated heterocycles. The van der Waals surface area contributed by atoms with Gasteiger partial charge in [0.15, 0.2) is 0 Å². The highest BCUT2D eigenvalue weighted by atomic mass is 32.2. The second-order valence-electron chi connectivity index (χ2n) is 6.73. The van der Waals surface area contributed by atoms with Gasteiger partial charge in [-0.3, -0.25) is 4.31 Å². The minimum atomic E-state index is -3.66. The van der Waals surface area contributed by atoms with Gasteiger partial charge in [-0.1, -0.05) is 6.07 Å². The van der Waals surface area contributed by atoms with E-state index in [0.717, 1.165) is 11.3 Å². The zero-order valence-corrected chi connectivity index (χ0v) is 17.9. The van der Waals surface area contributed by atoms with Crippen LogP contribution in [0.1, 0.15) is 28.8 Å². The summed E-state index contributed by atoms with van der Waals surface area (Å²) in [6.07, 6.45) is 2.11. The lowest BCUT2D eigenvalue weighted by molar-refractivity contribution is 0.574. The maximum Gasteiger partial charge on any atom is 0.240 e. The molecule has 1 fully saturated rings. The standard InChI is InChI=1S/C18H24N2O4S3/c1-14-13-18(27(23,24)19-8-7-16-6-5-10-25-16)15(2)12-17(14)20-9-3-4-11-26(20,21)22/h5-6,10,12-13,19H,3-4,7-9,11H2,1-2H3. The molecule has 6 nitrogen and oxygen atoms in total. The van der Waals surface area contributed by atoms with Crippen molar-refractivity contribution < 1.29 is 16.8 Å².